The zero-order valence-electron chi connectivity index (χ0n) is 11.3. The van der Waals surface area contributed by atoms with Gasteiger partial charge in [0.25, 0.3) is 0 Å². The van der Waals surface area contributed by atoms with E-state index in [1.54, 1.807) is 11.3 Å². The lowest BCUT2D eigenvalue weighted by Crippen LogP contribution is -2.29. The number of aliphatic hydroxyl groups is 1. The van der Waals surface area contributed by atoms with Gasteiger partial charge in [-0.15, -0.1) is 11.3 Å². The van der Waals surface area contributed by atoms with Gasteiger partial charge in [0.2, 0.25) is 0 Å². The first-order valence-corrected chi connectivity index (χ1v) is 7.93. The van der Waals surface area contributed by atoms with E-state index in [4.69, 9.17) is 11.6 Å². The molecule has 2 heterocycles. The van der Waals surface area contributed by atoms with Crippen molar-refractivity contribution in [3.05, 3.63) is 40.4 Å². The largest absolute Gasteiger partial charge is 0.389 e. The third kappa shape index (κ3) is 3.04. The number of thiazole rings is 1. The number of nitrogens with zero attached hydrogens (tertiary/aromatic N) is 2. The first-order valence-electron chi connectivity index (χ1n) is 6.67. The van der Waals surface area contributed by atoms with E-state index in [-0.39, 0.29) is 0 Å². The standard InChI is InChI=1S/C15H17ClN2OS/c1-15(19)6-7-18(10-15)8-11-9-20-14(17-11)12-4-2-3-5-13(12)16/h2-5,9,19H,6-8,10H2,1H3. The molecule has 5 heteroatoms. The van der Waals surface area contributed by atoms with Gasteiger partial charge >= 0.3 is 0 Å². The molecule has 106 valence electrons. The SMILES string of the molecule is CC1(O)CCN(Cc2csc(-c3ccccc3Cl)n2)C1. The molecule has 0 radical (unpaired) electrons. The molecule has 3 nitrogen and oxygen atoms in total. The predicted octanol–water partition coefficient (Wildman–Crippen LogP) is 3.42. The molecule has 0 amide bonds. The van der Waals surface area contributed by atoms with Crippen LogP contribution in [0.4, 0.5) is 0 Å². The van der Waals surface area contributed by atoms with Crippen molar-refractivity contribution in [2.24, 2.45) is 0 Å². The maximum absolute atomic E-state index is 9.99. The van der Waals surface area contributed by atoms with Gasteiger partial charge in [-0.05, 0) is 19.4 Å². The summed E-state index contributed by atoms with van der Waals surface area (Å²) in [5.41, 5.74) is 1.48. The summed E-state index contributed by atoms with van der Waals surface area (Å²) in [6.07, 6.45) is 0.828. The fourth-order valence-corrected chi connectivity index (χ4v) is 3.67. The van der Waals surface area contributed by atoms with Crippen molar-refractivity contribution in [1.29, 1.82) is 0 Å². The quantitative estimate of drug-likeness (QED) is 0.944. The first-order chi connectivity index (χ1) is 9.53. The Kier molecular flexibility index (Phi) is 3.82. The van der Waals surface area contributed by atoms with Crippen molar-refractivity contribution < 1.29 is 5.11 Å². The number of halogens is 1. The minimum atomic E-state index is -0.554. The molecule has 1 aliphatic rings. The van der Waals surface area contributed by atoms with E-state index >= 15 is 0 Å². The third-order valence-corrected chi connectivity index (χ3v) is 4.83. The Morgan fingerprint density at radius 1 is 1.45 bits per heavy atom. The van der Waals surface area contributed by atoms with E-state index < -0.39 is 5.60 Å². The number of hydrogen-bond acceptors (Lipinski definition) is 4. The van der Waals surface area contributed by atoms with Crippen LogP contribution in [-0.2, 0) is 6.54 Å². The van der Waals surface area contributed by atoms with Gasteiger partial charge in [-0.25, -0.2) is 4.98 Å². The summed E-state index contributed by atoms with van der Waals surface area (Å²) < 4.78 is 0. The molecular weight excluding hydrogens is 292 g/mol. The summed E-state index contributed by atoms with van der Waals surface area (Å²) in [6.45, 7) is 4.32. The Morgan fingerprint density at radius 3 is 2.95 bits per heavy atom. The Bertz CT molecular complexity index is 611. The minimum absolute atomic E-state index is 0.554. The van der Waals surface area contributed by atoms with Crippen LogP contribution < -0.4 is 0 Å². The Morgan fingerprint density at radius 2 is 2.25 bits per heavy atom. The van der Waals surface area contributed by atoms with Crippen molar-refractivity contribution in [3.63, 3.8) is 0 Å². The maximum atomic E-state index is 9.99. The Balaban J connectivity index is 1.73. The van der Waals surface area contributed by atoms with Gasteiger partial charge in [0.1, 0.15) is 5.01 Å². The number of benzene rings is 1. The zero-order chi connectivity index (χ0) is 14.2. The van der Waals surface area contributed by atoms with Crippen LogP contribution in [0.3, 0.4) is 0 Å². The highest BCUT2D eigenvalue weighted by atomic mass is 35.5. The van der Waals surface area contributed by atoms with Crippen molar-refractivity contribution >= 4 is 22.9 Å². The van der Waals surface area contributed by atoms with Gasteiger partial charge in [-0.1, -0.05) is 29.8 Å². The molecule has 2 aromatic rings. The Labute approximate surface area is 127 Å². The molecule has 1 aliphatic heterocycles. The molecular formula is C15H17ClN2OS. The summed E-state index contributed by atoms with van der Waals surface area (Å²) in [6, 6.07) is 7.77. The second-order valence-electron chi connectivity index (χ2n) is 5.58. The van der Waals surface area contributed by atoms with E-state index in [0.717, 1.165) is 40.8 Å². The van der Waals surface area contributed by atoms with Crippen LogP contribution in [0.1, 0.15) is 19.0 Å². The molecule has 1 atom stereocenters. The summed E-state index contributed by atoms with van der Waals surface area (Å²) in [7, 11) is 0. The van der Waals surface area contributed by atoms with Gasteiger partial charge in [-0.3, -0.25) is 4.90 Å². The molecule has 1 N–H and O–H groups in total. The fraction of sp³-hybridized carbons (Fsp3) is 0.400. The van der Waals surface area contributed by atoms with Gasteiger partial charge in [0.15, 0.2) is 0 Å². The lowest BCUT2D eigenvalue weighted by atomic mass is 10.1. The van der Waals surface area contributed by atoms with E-state index in [0.29, 0.717) is 6.54 Å². The molecule has 1 unspecified atom stereocenters. The number of aromatic nitrogens is 1. The van der Waals surface area contributed by atoms with Gasteiger partial charge < -0.3 is 5.11 Å². The highest BCUT2D eigenvalue weighted by Crippen LogP contribution is 2.31. The lowest BCUT2D eigenvalue weighted by Gasteiger charge is -2.17. The van der Waals surface area contributed by atoms with Crippen molar-refractivity contribution in [2.75, 3.05) is 13.1 Å². The number of hydrogen-bond donors (Lipinski definition) is 1. The molecule has 20 heavy (non-hydrogen) atoms. The van der Waals surface area contributed by atoms with E-state index in [1.807, 2.05) is 31.2 Å². The van der Waals surface area contributed by atoms with E-state index in [2.05, 4.69) is 15.3 Å². The average molecular weight is 309 g/mol. The van der Waals surface area contributed by atoms with Crippen LogP contribution in [0.2, 0.25) is 5.02 Å². The first kappa shape index (κ1) is 14.0. The molecule has 0 bridgehead atoms. The van der Waals surface area contributed by atoms with E-state index in [1.165, 1.54) is 0 Å². The predicted molar refractivity (Wildman–Crippen MR) is 83.1 cm³/mol. The topological polar surface area (TPSA) is 36.4 Å². The fourth-order valence-electron chi connectivity index (χ4n) is 2.54. The van der Waals surface area contributed by atoms with Crippen LogP contribution in [0.5, 0.6) is 0 Å². The highest BCUT2D eigenvalue weighted by molar-refractivity contribution is 7.13. The minimum Gasteiger partial charge on any atom is -0.389 e. The smallest absolute Gasteiger partial charge is 0.125 e. The lowest BCUT2D eigenvalue weighted by molar-refractivity contribution is 0.0678. The normalized spacial score (nSPS) is 23.4. The van der Waals surface area contributed by atoms with Crippen molar-refractivity contribution in [1.82, 2.24) is 9.88 Å². The van der Waals surface area contributed by atoms with Gasteiger partial charge in [-0.2, -0.15) is 0 Å². The average Bonchev–Trinajstić information content (AvgIpc) is 2.97. The highest BCUT2D eigenvalue weighted by Gasteiger charge is 2.31. The molecule has 1 saturated heterocycles. The van der Waals surface area contributed by atoms with Crippen LogP contribution in [-0.4, -0.2) is 33.7 Å². The van der Waals surface area contributed by atoms with Crippen LogP contribution >= 0.6 is 22.9 Å². The van der Waals surface area contributed by atoms with Crippen LogP contribution in [0, 0.1) is 0 Å². The van der Waals surface area contributed by atoms with E-state index in [9.17, 15) is 5.11 Å². The molecule has 1 aromatic heterocycles. The zero-order valence-corrected chi connectivity index (χ0v) is 12.9. The van der Waals surface area contributed by atoms with Gasteiger partial charge in [0.05, 0.1) is 16.3 Å². The third-order valence-electron chi connectivity index (χ3n) is 3.57. The molecule has 1 aromatic carbocycles. The van der Waals surface area contributed by atoms with Crippen molar-refractivity contribution in [3.8, 4) is 10.6 Å². The van der Waals surface area contributed by atoms with Crippen molar-refractivity contribution in [2.45, 2.75) is 25.5 Å². The second kappa shape index (κ2) is 5.45. The molecule has 1 fully saturated rings. The second-order valence-corrected chi connectivity index (χ2v) is 6.85. The molecule has 0 aliphatic carbocycles. The van der Waals surface area contributed by atoms with Crippen LogP contribution in [0.25, 0.3) is 10.6 Å². The van der Waals surface area contributed by atoms with Gasteiger partial charge in [0, 0.05) is 30.6 Å². The number of likely N-dealkylation sites (tertiary alicyclic amines) is 1. The number of β-amino-alcohol motifs (C(OH)–C–C–N with tert-alkyl or cyclic N) is 1. The summed E-state index contributed by atoms with van der Waals surface area (Å²) in [5, 5.41) is 13.7. The van der Waals surface area contributed by atoms with Crippen LogP contribution in [0.15, 0.2) is 29.6 Å². The molecule has 0 spiro atoms. The molecule has 0 saturated carbocycles. The Hall–Kier alpha value is -0.940. The summed E-state index contributed by atoms with van der Waals surface area (Å²) >= 11 is 7.81. The summed E-state index contributed by atoms with van der Waals surface area (Å²) in [4.78, 5) is 6.90. The number of rotatable bonds is 3. The monoisotopic (exact) mass is 308 g/mol. The molecule has 3 rings (SSSR count). The maximum Gasteiger partial charge on any atom is 0.125 e. The summed E-state index contributed by atoms with van der Waals surface area (Å²) in [5.74, 6) is 0.